The Hall–Kier alpha value is -1.62. The van der Waals surface area contributed by atoms with Gasteiger partial charge in [-0.05, 0) is 35.9 Å². The quantitative estimate of drug-likeness (QED) is 0.661. The minimum atomic E-state index is -0.277. The molecule has 0 saturated heterocycles. The summed E-state index contributed by atoms with van der Waals surface area (Å²) in [5.74, 6) is 0.551. The highest BCUT2D eigenvalue weighted by Crippen LogP contribution is 2.34. The fourth-order valence-electron chi connectivity index (χ4n) is 2.44. The zero-order valence-corrected chi connectivity index (χ0v) is 14.5. The van der Waals surface area contributed by atoms with Crippen LogP contribution in [0, 0.1) is 5.41 Å². The van der Waals surface area contributed by atoms with Gasteiger partial charge in [-0.3, -0.25) is 0 Å². The predicted octanol–water partition coefficient (Wildman–Crippen LogP) is 3.73. The van der Waals surface area contributed by atoms with Crippen LogP contribution in [-0.2, 0) is 9.53 Å². The van der Waals surface area contributed by atoms with Crippen LogP contribution in [0.15, 0.2) is 35.2 Å². The van der Waals surface area contributed by atoms with Crippen molar-refractivity contribution in [2.75, 3.05) is 18.7 Å². The van der Waals surface area contributed by atoms with Gasteiger partial charge in [0, 0.05) is 16.7 Å². The number of carbonyl (C=O) groups is 1. The van der Waals surface area contributed by atoms with Crippen molar-refractivity contribution in [3.63, 3.8) is 0 Å². The molecule has 0 fully saturated rings. The molecular weight excluding hydrogens is 298 g/mol. The number of esters is 1. The Morgan fingerprint density at radius 2 is 2.09 bits per heavy atom. The zero-order chi connectivity index (χ0) is 16.3. The van der Waals surface area contributed by atoms with E-state index in [1.165, 1.54) is 6.08 Å². The van der Waals surface area contributed by atoms with Crippen molar-refractivity contribution in [1.29, 1.82) is 0 Å². The van der Waals surface area contributed by atoms with Gasteiger partial charge in [0.05, 0.1) is 13.2 Å². The third-order valence-electron chi connectivity index (χ3n) is 3.66. The maximum atomic E-state index is 11.4. The molecule has 1 N–H and O–H groups in total. The lowest BCUT2D eigenvalue weighted by atomic mass is 9.83. The highest BCUT2D eigenvalue weighted by atomic mass is 32.2. The van der Waals surface area contributed by atoms with Crippen molar-refractivity contribution in [3.05, 3.63) is 30.4 Å². The molecule has 1 aliphatic rings. The second-order valence-electron chi connectivity index (χ2n) is 6.31. The molecule has 0 bridgehead atoms. The summed E-state index contributed by atoms with van der Waals surface area (Å²) in [5.41, 5.74) is 0.944. The van der Waals surface area contributed by atoms with Gasteiger partial charge in [0.25, 0.3) is 0 Å². The molecule has 1 aromatic carbocycles. The summed E-state index contributed by atoms with van der Waals surface area (Å²) >= 11 is 1.65. The molecule has 2 atom stereocenters. The van der Waals surface area contributed by atoms with Crippen molar-refractivity contribution in [1.82, 2.24) is 0 Å². The third kappa shape index (κ3) is 3.77. The molecule has 22 heavy (non-hydrogen) atoms. The lowest BCUT2D eigenvalue weighted by Crippen LogP contribution is -2.43. The van der Waals surface area contributed by atoms with Gasteiger partial charge in [-0.15, -0.1) is 11.8 Å². The molecule has 1 aliphatic heterocycles. The first kappa shape index (κ1) is 16.7. The van der Waals surface area contributed by atoms with Gasteiger partial charge in [-0.25, -0.2) is 4.79 Å². The van der Waals surface area contributed by atoms with Crippen molar-refractivity contribution in [2.24, 2.45) is 5.41 Å². The van der Waals surface area contributed by atoms with Crippen LogP contribution in [0.5, 0.6) is 5.75 Å². The minimum Gasteiger partial charge on any atom is -0.497 e. The first-order chi connectivity index (χ1) is 10.3. The van der Waals surface area contributed by atoms with Gasteiger partial charge in [0.15, 0.2) is 0 Å². The molecule has 4 nitrogen and oxygen atoms in total. The van der Waals surface area contributed by atoms with Crippen molar-refractivity contribution in [2.45, 2.75) is 37.8 Å². The van der Waals surface area contributed by atoms with E-state index in [2.05, 4.69) is 26.1 Å². The fourth-order valence-corrected chi connectivity index (χ4v) is 3.02. The molecule has 1 heterocycles. The van der Waals surface area contributed by atoms with Gasteiger partial charge in [0.1, 0.15) is 11.9 Å². The number of ether oxygens (including phenoxy) is 2. The second kappa shape index (κ2) is 6.65. The third-order valence-corrected chi connectivity index (χ3v) is 4.43. The summed E-state index contributed by atoms with van der Waals surface area (Å²) < 4.78 is 10.7. The largest absolute Gasteiger partial charge is 0.497 e. The number of cyclic esters (lactones) is 1. The molecule has 5 heteroatoms. The molecule has 120 valence electrons. The van der Waals surface area contributed by atoms with E-state index in [0.29, 0.717) is 0 Å². The van der Waals surface area contributed by atoms with E-state index in [9.17, 15) is 4.79 Å². The highest BCUT2D eigenvalue weighted by molar-refractivity contribution is 7.98. The molecule has 0 amide bonds. The van der Waals surface area contributed by atoms with E-state index in [-0.39, 0.29) is 23.5 Å². The summed E-state index contributed by atoms with van der Waals surface area (Å²) in [5, 5.41) is 3.55. The first-order valence-electron chi connectivity index (χ1n) is 7.22. The van der Waals surface area contributed by atoms with Crippen LogP contribution in [-0.4, -0.2) is 31.5 Å². The summed E-state index contributed by atoms with van der Waals surface area (Å²) in [7, 11) is 1.66. The van der Waals surface area contributed by atoms with Gasteiger partial charge in [-0.2, -0.15) is 0 Å². The number of anilines is 1. The van der Waals surface area contributed by atoms with Gasteiger partial charge in [-0.1, -0.05) is 20.8 Å². The highest BCUT2D eigenvalue weighted by Gasteiger charge is 2.35. The summed E-state index contributed by atoms with van der Waals surface area (Å²) in [6.45, 7) is 6.40. The Labute approximate surface area is 136 Å². The lowest BCUT2D eigenvalue weighted by molar-refractivity contribution is -0.139. The van der Waals surface area contributed by atoms with Crippen molar-refractivity contribution in [3.8, 4) is 5.75 Å². The molecule has 0 unspecified atom stereocenters. The predicted molar refractivity (Wildman–Crippen MR) is 90.7 cm³/mol. The van der Waals surface area contributed by atoms with Gasteiger partial charge < -0.3 is 14.8 Å². The Balaban J connectivity index is 2.28. The Morgan fingerprint density at radius 1 is 1.36 bits per heavy atom. The number of rotatable bonds is 5. The van der Waals surface area contributed by atoms with Crippen LogP contribution in [0.2, 0.25) is 0 Å². The van der Waals surface area contributed by atoms with E-state index in [0.717, 1.165) is 16.3 Å². The number of hydrogen-bond donors (Lipinski definition) is 1. The first-order valence-corrected chi connectivity index (χ1v) is 8.45. The van der Waals surface area contributed by atoms with Gasteiger partial charge >= 0.3 is 5.97 Å². The molecular formula is C17H23NO3S. The normalized spacial score (nSPS) is 19.0. The standard InChI is InChI=1S/C17H23NO3S/c1-17(2,3)16(13-8-9-15(19)21-13)18-12-7-6-11(20-4)10-14(12)22-5/h6-10,13,16,18H,1-5H3/t13-,16-/m1/s1. The van der Waals surface area contributed by atoms with Crippen LogP contribution in [0.3, 0.4) is 0 Å². The smallest absolute Gasteiger partial charge is 0.331 e. The maximum Gasteiger partial charge on any atom is 0.331 e. The van der Waals surface area contributed by atoms with Crippen molar-refractivity contribution >= 4 is 23.4 Å². The molecule has 0 saturated carbocycles. The number of benzene rings is 1. The molecule has 0 aromatic heterocycles. The van der Waals surface area contributed by atoms with E-state index < -0.39 is 0 Å². The van der Waals surface area contributed by atoms with Crippen LogP contribution in [0.25, 0.3) is 0 Å². The van der Waals surface area contributed by atoms with Crippen LogP contribution in [0.4, 0.5) is 5.69 Å². The average Bonchev–Trinajstić information content (AvgIpc) is 2.89. The van der Waals surface area contributed by atoms with E-state index >= 15 is 0 Å². The minimum absolute atomic E-state index is 0.0190. The zero-order valence-electron chi connectivity index (χ0n) is 13.7. The Morgan fingerprint density at radius 3 is 2.59 bits per heavy atom. The molecule has 0 aliphatic carbocycles. The molecule has 2 rings (SSSR count). The van der Waals surface area contributed by atoms with Crippen LogP contribution >= 0.6 is 11.8 Å². The fraction of sp³-hybridized carbons (Fsp3) is 0.471. The number of thioether (sulfide) groups is 1. The number of carbonyl (C=O) groups excluding carboxylic acids is 1. The Bertz CT molecular complexity index is 578. The van der Waals surface area contributed by atoms with Crippen molar-refractivity contribution < 1.29 is 14.3 Å². The molecule has 1 aromatic rings. The average molecular weight is 321 g/mol. The van der Waals surface area contributed by atoms with Crippen LogP contribution in [0.1, 0.15) is 20.8 Å². The number of methoxy groups -OCH3 is 1. The molecule has 0 radical (unpaired) electrons. The summed E-state index contributed by atoms with van der Waals surface area (Å²) in [6, 6.07) is 5.92. The second-order valence-corrected chi connectivity index (χ2v) is 7.16. The SMILES string of the molecule is COc1ccc(N[C@H]([C@H]2C=CC(=O)O2)C(C)(C)C)c(SC)c1. The lowest BCUT2D eigenvalue weighted by Gasteiger charge is -2.35. The van der Waals surface area contributed by atoms with E-state index in [1.807, 2.05) is 30.5 Å². The maximum absolute atomic E-state index is 11.4. The number of nitrogens with one attached hydrogen (secondary N) is 1. The topological polar surface area (TPSA) is 47.6 Å². The van der Waals surface area contributed by atoms with E-state index in [1.54, 1.807) is 18.9 Å². The monoisotopic (exact) mass is 321 g/mol. The van der Waals surface area contributed by atoms with E-state index in [4.69, 9.17) is 9.47 Å². The Kier molecular flexibility index (Phi) is 5.06. The summed E-state index contributed by atoms with van der Waals surface area (Å²) in [4.78, 5) is 12.5. The number of hydrogen-bond acceptors (Lipinski definition) is 5. The van der Waals surface area contributed by atoms with Gasteiger partial charge in [0.2, 0.25) is 0 Å². The van der Waals surface area contributed by atoms with Crippen LogP contribution < -0.4 is 10.1 Å². The molecule has 0 spiro atoms. The summed E-state index contributed by atoms with van der Waals surface area (Å²) in [6.07, 6.45) is 5.09.